The topological polar surface area (TPSA) is 123 Å². The largest absolute Gasteiger partial charge is 0.493 e. The maximum atomic E-state index is 14.4. The molecule has 3 fully saturated rings. The molecule has 0 unspecified atom stereocenters. The van der Waals surface area contributed by atoms with Crippen molar-refractivity contribution in [3.05, 3.63) is 117 Å². The molecule has 2 amide bonds. The van der Waals surface area contributed by atoms with E-state index in [9.17, 15) is 27.2 Å². The van der Waals surface area contributed by atoms with Crippen LogP contribution < -0.4 is 39.1 Å². The number of piperidine rings is 1. The fraction of sp³-hybridized carbons (Fsp3) is 0.455. The van der Waals surface area contributed by atoms with Gasteiger partial charge in [0.2, 0.25) is 11.5 Å². The van der Waals surface area contributed by atoms with Gasteiger partial charge in [-0.1, -0.05) is 23.3 Å². The Hall–Kier alpha value is -6.30. The molecule has 0 spiro atoms. The lowest BCUT2D eigenvalue weighted by molar-refractivity contribution is 0.0675. The van der Waals surface area contributed by atoms with Crippen molar-refractivity contribution in [3.63, 3.8) is 0 Å². The predicted molar refractivity (Wildman–Crippen MR) is 271 cm³/mol. The third-order valence-electron chi connectivity index (χ3n) is 13.2. The Balaban J connectivity index is 0.000000239. The van der Waals surface area contributed by atoms with Gasteiger partial charge in [0.25, 0.3) is 11.8 Å². The van der Waals surface area contributed by atoms with Crippen molar-refractivity contribution < 1.29 is 55.6 Å². The number of amides is 2. The van der Waals surface area contributed by atoms with Crippen LogP contribution in [0.5, 0.6) is 34.5 Å². The van der Waals surface area contributed by atoms with E-state index in [0.29, 0.717) is 71.3 Å². The average molecular weight is 1000 g/mol. The molecule has 72 heavy (non-hydrogen) atoms. The fourth-order valence-corrected chi connectivity index (χ4v) is 9.78. The lowest BCUT2D eigenvalue weighted by Gasteiger charge is -2.38. The molecule has 13 nitrogen and oxygen atoms in total. The summed E-state index contributed by atoms with van der Waals surface area (Å²) < 4.78 is 87.7. The Kier molecular flexibility index (Phi) is 20.2. The van der Waals surface area contributed by atoms with Gasteiger partial charge in [-0.25, -0.2) is 17.6 Å². The highest BCUT2D eigenvalue weighted by Gasteiger charge is 2.34. The molecular weight excluding hydrogens is 935 g/mol. The van der Waals surface area contributed by atoms with Gasteiger partial charge in [0.05, 0.1) is 42.7 Å². The van der Waals surface area contributed by atoms with Crippen LogP contribution in [-0.2, 0) is 0 Å². The van der Waals surface area contributed by atoms with Crippen molar-refractivity contribution in [2.24, 2.45) is 0 Å². The second-order valence-electron chi connectivity index (χ2n) is 18.3. The number of carbonyl (C=O) groups excluding carboxylic acids is 2. The molecular formula is C55H69F4N5O8. The molecule has 0 radical (unpaired) electrons. The second kappa shape index (κ2) is 26.4. The van der Waals surface area contributed by atoms with Crippen LogP contribution in [0.2, 0.25) is 0 Å². The number of methoxy groups -OCH3 is 6. The molecule has 0 aromatic heterocycles. The summed E-state index contributed by atoms with van der Waals surface area (Å²) in [6.45, 7) is 9.23. The van der Waals surface area contributed by atoms with E-state index in [4.69, 9.17) is 28.4 Å². The van der Waals surface area contributed by atoms with E-state index in [1.807, 2.05) is 18.7 Å². The number of carbonyl (C=O) groups is 2. The Labute approximate surface area is 421 Å². The highest BCUT2D eigenvalue weighted by Crippen LogP contribution is 2.40. The van der Waals surface area contributed by atoms with Crippen LogP contribution in [-0.4, -0.2) is 140 Å². The summed E-state index contributed by atoms with van der Waals surface area (Å²) in [6, 6.07) is 14.4. The zero-order valence-electron chi connectivity index (χ0n) is 42.7. The SMILES string of the molecule is COc1cc(C(=O)N(C/C(C)=C/c2ccc(F)cc2F)C[C@H]2CCCN2)cc(OC)c1OC.COc1cc(C(=O)N(C/C(C)=C/c2ccc(F)cc2F)C[C@H]2CCCN2C2CCNCC2)cc(OC)c1OC. The number of ether oxygens (including phenoxy) is 6. The molecule has 17 heteroatoms. The number of likely N-dealkylation sites (tertiary alicyclic amines) is 1. The van der Waals surface area contributed by atoms with E-state index in [1.54, 1.807) is 41.3 Å². The number of halogens is 4. The monoisotopic (exact) mass is 1000 g/mol. The van der Waals surface area contributed by atoms with Gasteiger partial charge < -0.3 is 48.9 Å². The minimum atomic E-state index is -0.644. The quantitative estimate of drug-likeness (QED) is 0.0876. The van der Waals surface area contributed by atoms with Gasteiger partial charge in [0, 0.05) is 78.7 Å². The Morgan fingerprint density at radius 3 is 1.46 bits per heavy atom. The summed E-state index contributed by atoms with van der Waals surface area (Å²) in [4.78, 5) is 33.7. The van der Waals surface area contributed by atoms with Gasteiger partial charge in [0.1, 0.15) is 23.3 Å². The van der Waals surface area contributed by atoms with Gasteiger partial charge in [-0.3, -0.25) is 14.5 Å². The first-order chi connectivity index (χ1) is 34.7. The molecule has 3 heterocycles. The fourth-order valence-electron chi connectivity index (χ4n) is 9.78. The highest BCUT2D eigenvalue weighted by atomic mass is 19.1. The number of nitrogens with one attached hydrogen (secondary N) is 2. The van der Waals surface area contributed by atoms with Crippen LogP contribution in [0.4, 0.5) is 17.6 Å². The van der Waals surface area contributed by atoms with E-state index in [0.717, 1.165) is 88.0 Å². The zero-order valence-corrected chi connectivity index (χ0v) is 42.7. The molecule has 0 saturated carbocycles. The molecule has 3 saturated heterocycles. The molecule has 0 bridgehead atoms. The van der Waals surface area contributed by atoms with Crippen molar-refractivity contribution in [3.8, 4) is 34.5 Å². The molecule has 7 rings (SSSR count). The van der Waals surface area contributed by atoms with Crippen LogP contribution >= 0.6 is 0 Å². The van der Waals surface area contributed by atoms with Crippen molar-refractivity contribution in [2.75, 3.05) is 95.0 Å². The molecule has 390 valence electrons. The maximum Gasteiger partial charge on any atom is 0.254 e. The van der Waals surface area contributed by atoms with Crippen LogP contribution in [0.1, 0.15) is 84.2 Å². The first-order valence-electron chi connectivity index (χ1n) is 24.3. The number of nitrogens with zero attached hydrogens (tertiary/aromatic N) is 3. The molecule has 3 aliphatic rings. The predicted octanol–water partition coefficient (Wildman–Crippen LogP) is 9.04. The maximum absolute atomic E-state index is 14.4. The number of rotatable bonds is 19. The van der Waals surface area contributed by atoms with Crippen molar-refractivity contribution in [1.29, 1.82) is 0 Å². The lowest BCUT2D eigenvalue weighted by Crippen LogP contribution is -2.50. The number of benzene rings is 4. The summed E-state index contributed by atoms with van der Waals surface area (Å²) in [5.74, 6) is -0.527. The van der Waals surface area contributed by atoms with Crippen molar-refractivity contribution in [1.82, 2.24) is 25.3 Å². The Morgan fingerprint density at radius 1 is 0.597 bits per heavy atom. The molecule has 3 aliphatic heterocycles. The van der Waals surface area contributed by atoms with Gasteiger partial charge in [-0.05, 0) is 127 Å². The average Bonchev–Trinajstić information content (AvgIpc) is 4.09. The van der Waals surface area contributed by atoms with Gasteiger partial charge in [0.15, 0.2) is 23.0 Å². The summed E-state index contributed by atoms with van der Waals surface area (Å²) in [6.07, 6.45) is 9.62. The number of hydrogen-bond donors (Lipinski definition) is 2. The summed E-state index contributed by atoms with van der Waals surface area (Å²) >= 11 is 0. The van der Waals surface area contributed by atoms with E-state index in [2.05, 4.69) is 15.5 Å². The molecule has 2 N–H and O–H groups in total. The molecule has 2 atom stereocenters. The van der Waals surface area contributed by atoms with Gasteiger partial charge >= 0.3 is 0 Å². The minimum Gasteiger partial charge on any atom is -0.493 e. The standard InChI is InChI=1S/C30H39F2N3O4.C25H30F2N2O4/c1-20(14-21-7-8-23(31)17-26(21)32)18-34(19-25-6-5-13-35(25)24-9-11-33-12-10-24)30(36)22-15-27(37-2)29(39-4)28(16-22)38-3;1-16(10-17-7-8-19(26)13-21(17)27)14-29(15-20-6-5-9-28-20)25(30)18-11-22(31-2)24(33-4)23(12-18)32-3/h7-8,14-17,24-25,33H,5-6,9-13,18-19H2,1-4H3;7-8,10-13,20,28H,5-6,9,14-15H2,1-4H3/b20-14+;16-10+/t25-;20-/m11/s1. The highest BCUT2D eigenvalue weighted by molar-refractivity contribution is 5.96. The lowest BCUT2D eigenvalue weighted by atomic mass is 10.0. The van der Waals surface area contributed by atoms with Crippen molar-refractivity contribution >= 4 is 24.0 Å². The van der Waals surface area contributed by atoms with Crippen LogP contribution in [0.25, 0.3) is 12.2 Å². The number of hydrogen-bond acceptors (Lipinski definition) is 11. The second-order valence-corrected chi connectivity index (χ2v) is 18.3. The normalized spacial score (nSPS) is 17.4. The third kappa shape index (κ3) is 14.2. The molecule has 4 aromatic rings. The minimum absolute atomic E-state index is 0.173. The van der Waals surface area contributed by atoms with Crippen molar-refractivity contribution in [2.45, 2.75) is 70.5 Å². The molecule has 4 aromatic carbocycles. The summed E-state index contributed by atoms with van der Waals surface area (Å²) in [5.41, 5.74) is 2.91. The van der Waals surface area contributed by atoms with E-state index in [-0.39, 0.29) is 41.6 Å². The van der Waals surface area contributed by atoms with Crippen LogP contribution in [0, 0.1) is 23.3 Å². The zero-order chi connectivity index (χ0) is 51.9. The summed E-state index contributed by atoms with van der Waals surface area (Å²) in [5, 5.41) is 6.85. The third-order valence-corrected chi connectivity index (χ3v) is 13.2. The van der Waals surface area contributed by atoms with Gasteiger partial charge in [-0.15, -0.1) is 0 Å². The first-order valence-corrected chi connectivity index (χ1v) is 24.3. The smallest absolute Gasteiger partial charge is 0.254 e. The van der Waals surface area contributed by atoms with E-state index < -0.39 is 23.3 Å². The Morgan fingerprint density at radius 2 is 1.06 bits per heavy atom. The Bertz CT molecular complexity index is 2500. The van der Waals surface area contributed by atoms with Crippen LogP contribution in [0.15, 0.2) is 71.8 Å². The van der Waals surface area contributed by atoms with E-state index in [1.165, 1.54) is 66.9 Å². The van der Waals surface area contributed by atoms with Crippen LogP contribution in [0.3, 0.4) is 0 Å². The first kappa shape index (κ1) is 55.0. The van der Waals surface area contributed by atoms with Gasteiger partial charge in [-0.2, -0.15) is 0 Å². The molecule has 0 aliphatic carbocycles. The summed E-state index contributed by atoms with van der Waals surface area (Å²) in [7, 11) is 9.05. The van der Waals surface area contributed by atoms with E-state index >= 15 is 0 Å².